The number of carboxylic acids is 1. The van der Waals surface area contributed by atoms with E-state index in [9.17, 15) is 9.59 Å². The first-order chi connectivity index (χ1) is 10.1. The number of aliphatic carboxylic acids is 1. The molecule has 4 heteroatoms. The van der Waals surface area contributed by atoms with Gasteiger partial charge in [-0.2, -0.15) is 0 Å². The molecule has 1 aromatic rings. The zero-order chi connectivity index (χ0) is 15.0. The number of hydrogen-bond donors (Lipinski definition) is 1. The van der Waals surface area contributed by atoms with Gasteiger partial charge in [0.15, 0.2) is 0 Å². The monoisotopic (exact) mass is 287 g/mol. The zero-order valence-electron chi connectivity index (χ0n) is 12.3. The van der Waals surface area contributed by atoms with E-state index in [4.69, 9.17) is 5.11 Å². The molecule has 0 spiro atoms. The summed E-state index contributed by atoms with van der Waals surface area (Å²) < 4.78 is 0. The van der Waals surface area contributed by atoms with E-state index in [2.05, 4.69) is 6.07 Å². The maximum absolute atomic E-state index is 12.7. The molecule has 1 fully saturated rings. The fourth-order valence-corrected chi connectivity index (χ4v) is 3.03. The van der Waals surface area contributed by atoms with Crippen LogP contribution in [0.3, 0.4) is 0 Å². The summed E-state index contributed by atoms with van der Waals surface area (Å²) in [5, 5.41) is 9.07. The second-order valence-corrected chi connectivity index (χ2v) is 6.27. The lowest BCUT2D eigenvalue weighted by molar-refractivity contribution is -0.141. The minimum Gasteiger partial charge on any atom is -0.481 e. The highest BCUT2D eigenvalue weighted by Crippen LogP contribution is 2.30. The van der Waals surface area contributed by atoms with Gasteiger partial charge in [-0.25, -0.2) is 0 Å². The molecule has 0 bridgehead atoms. The lowest BCUT2D eigenvalue weighted by Crippen LogP contribution is -2.38. The van der Waals surface area contributed by atoms with Crippen molar-refractivity contribution in [2.75, 3.05) is 6.54 Å². The summed E-state index contributed by atoms with van der Waals surface area (Å²) in [5.41, 5.74) is 3.34. The number of carbonyl (C=O) groups excluding carboxylic acids is 1. The van der Waals surface area contributed by atoms with E-state index in [1.807, 2.05) is 12.1 Å². The van der Waals surface area contributed by atoms with E-state index in [1.54, 1.807) is 11.8 Å². The third-order valence-corrected chi connectivity index (χ3v) is 4.49. The van der Waals surface area contributed by atoms with Crippen LogP contribution in [0.1, 0.15) is 47.7 Å². The van der Waals surface area contributed by atoms with Crippen molar-refractivity contribution in [3.63, 3.8) is 0 Å². The quantitative estimate of drug-likeness (QED) is 0.905. The highest BCUT2D eigenvalue weighted by molar-refractivity contribution is 5.95. The van der Waals surface area contributed by atoms with Crippen LogP contribution in [0.2, 0.25) is 0 Å². The van der Waals surface area contributed by atoms with E-state index in [-0.39, 0.29) is 11.9 Å². The van der Waals surface area contributed by atoms with Crippen molar-refractivity contribution in [1.29, 1.82) is 0 Å². The molecule has 112 valence electrons. The molecule has 1 aromatic carbocycles. The van der Waals surface area contributed by atoms with E-state index in [0.29, 0.717) is 12.1 Å². The summed E-state index contributed by atoms with van der Waals surface area (Å²) in [5.74, 6) is -1.38. The standard InChI is InChI=1S/C17H21NO3/c1-11(17(20)21)10-18(15-7-8-15)16(19)14-6-5-12-3-2-4-13(12)9-14/h5-6,9,11,15H,2-4,7-8,10H2,1H3,(H,20,21). The van der Waals surface area contributed by atoms with Crippen molar-refractivity contribution in [1.82, 2.24) is 4.90 Å². The first kappa shape index (κ1) is 14.1. The average molecular weight is 287 g/mol. The molecular weight excluding hydrogens is 266 g/mol. The Morgan fingerprint density at radius 2 is 2.00 bits per heavy atom. The van der Waals surface area contributed by atoms with Crippen LogP contribution in [0.5, 0.6) is 0 Å². The second-order valence-electron chi connectivity index (χ2n) is 6.27. The van der Waals surface area contributed by atoms with E-state index in [1.165, 1.54) is 11.1 Å². The fraction of sp³-hybridized carbons (Fsp3) is 0.529. The molecule has 0 aliphatic heterocycles. The summed E-state index contributed by atoms with van der Waals surface area (Å²) >= 11 is 0. The number of nitrogens with zero attached hydrogens (tertiary/aromatic N) is 1. The van der Waals surface area contributed by atoms with Gasteiger partial charge in [-0.15, -0.1) is 0 Å². The SMILES string of the molecule is CC(CN(C(=O)c1ccc2c(c1)CCC2)C1CC1)C(=O)O. The summed E-state index contributed by atoms with van der Waals surface area (Å²) in [6.45, 7) is 1.96. The van der Waals surface area contributed by atoms with Gasteiger partial charge in [0.1, 0.15) is 0 Å². The van der Waals surface area contributed by atoms with E-state index < -0.39 is 11.9 Å². The number of hydrogen-bond acceptors (Lipinski definition) is 2. The number of benzene rings is 1. The van der Waals surface area contributed by atoms with Crippen LogP contribution in [0.4, 0.5) is 0 Å². The molecule has 1 atom stereocenters. The van der Waals surface area contributed by atoms with Crippen molar-refractivity contribution in [2.45, 2.75) is 45.1 Å². The lowest BCUT2D eigenvalue weighted by Gasteiger charge is -2.24. The van der Waals surface area contributed by atoms with Gasteiger partial charge in [0.05, 0.1) is 5.92 Å². The van der Waals surface area contributed by atoms with E-state index >= 15 is 0 Å². The smallest absolute Gasteiger partial charge is 0.308 e. The molecule has 1 N–H and O–H groups in total. The molecule has 2 aliphatic carbocycles. The minimum atomic E-state index is -0.845. The van der Waals surface area contributed by atoms with Gasteiger partial charge in [0.2, 0.25) is 0 Å². The van der Waals surface area contributed by atoms with Crippen molar-refractivity contribution in [3.05, 3.63) is 34.9 Å². The number of amides is 1. The van der Waals surface area contributed by atoms with Gasteiger partial charge in [-0.05, 0) is 55.4 Å². The number of rotatable bonds is 5. The maximum Gasteiger partial charge on any atom is 0.308 e. The lowest BCUT2D eigenvalue weighted by atomic mass is 10.0. The second kappa shape index (κ2) is 5.51. The van der Waals surface area contributed by atoms with Gasteiger partial charge in [0, 0.05) is 18.2 Å². The molecule has 0 saturated heterocycles. The maximum atomic E-state index is 12.7. The molecule has 0 radical (unpaired) electrons. The molecule has 0 heterocycles. The molecule has 3 rings (SSSR count). The fourth-order valence-electron chi connectivity index (χ4n) is 3.03. The van der Waals surface area contributed by atoms with Crippen molar-refractivity contribution >= 4 is 11.9 Å². The Hall–Kier alpha value is -1.84. The van der Waals surface area contributed by atoms with E-state index in [0.717, 1.165) is 32.1 Å². The Morgan fingerprint density at radius 1 is 1.29 bits per heavy atom. The topological polar surface area (TPSA) is 57.6 Å². The summed E-state index contributed by atoms with van der Waals surface area (Å²) in [4.78, 5) is 25.5. The number of aryl methyl sites for hydroxylation is 2. The first-order valence-electron chi connectivity index (χ1n) is 7.72. The van der Waals surface area contributed by atoms with Gasteiger partial charge < -0.3 is 10.0 Å². The van der Waals surface area contributed by atoms with Gasteiger partial charge >= 0.3 is 5.97 Å². The number of carbonyl (C=O) groups is 2. The Labute approximate surface area is 124 Å². The van der Waals surface area contributed by atoms with Crippen molar-refractivity contribution in [3.8, 4) is 0 Å². The van der Waals surface area contributed by atoms with Crippen LogP contribution in [0.25, 0.3) is 0 Å². The summed E-state index contributed by atoms with van der Waals surface area (Å²) in [6.07, 6.45) is 5.29. The van der Waals surface area contributed by atoms with Crippen molar-refractivity contribution in [2.24, 2.45) is 5.92 Å². The van der Waals surface area contributed by atoms with Gasteiger partial charge in [-0.1, -0.05) is 13.0 Å². The van der Waals surface area contributed by atoms with Crippen molar-refractivity contribution < 1.29 is 14.7 Å². The summed E-state index contributed by atoms with van der Waals surface area (Å²) in [6, 6.07) is 6.19. The van der Waals surface area contributed by atoms with Gasteiger partial charge in [0.25, 0.3) is 5.91 Å². The van der Waals surface area contributed by atoms with Crippen LogP contribution >= 0.6 is 0 Å². The summed E-state index contributed by atoms with van der Waals surface area (Å²) in [7, 11) is 0. The molecule has 2 aliphatic rings. The number of carboxylic acid groups (broad SMARTS) is 1. The Morgan fingerprint density at radius 3 is 2.67 bits per heavy atom. The van der Waals surface area contributed by atoms with Gasteiger partial charge in [-0.3, -0.25) is 9.59 Å². The molecule has 1 amide bonds. The van der Waals surface area contributed by atoms with Crippen LogP contribution in [-0.4, -0.2) is 34.5 Å². The average Bonchev–Trinajstić information content (AvgIpc) is 3.20. The first-order valence-corrected chi connectivity index (χ1v) is 7.72. The minimum absolute atomic E-state index is 0.0136. The highest BCUT2D eigenvalue weighted by Gasteiger charge is 2.35. The molecule has 1 unspecified atom stereocenters. The zero-order valence-corrected chi connectivity index (χ0v) is 12.3. The normalized spacial score (nSPS) is 18.1. The predicted octanol–water partition coefficient (Wildman–Crippen LogP) is 2.50. The Balaban J connectivity index is 1.79. The molecule has 1 saturated carbocycles. The molecule has 0 aromatic heterocycles. The Kier molecular flexibility index (Phi) is 3.70. The molecular formula is C17H21NO3. The predicted molar refractivity (Wildman–Crippen MR) is 79.3 cm³/mol. The highest BCUT2D eigenvalue weighted by atomic mass is 16.4. The van der Waals surface area contributed by atoms with Crippen LogP contribution in [0.15, 0.2) is 18.2 Å². The van der Waals surface area contributed by atoms with Crippen LogP contribution in [-0.2, 0) is 17.6 Å². The molecule has 21 heavy (non-hydrogen) atoms. The van der Waals surface area contributed by atoms with Crippen LogP contribution in [0, 0.1) is 5.92 Å². The Bertz CT molecular complexity index is 577. The largest absolute Gasteiger partial charge is 0.481 e. The molecule has 4 nitrogen and oxygen atoms in total. The third-order valence-electron chi connectivity index (χ3n) is 4.49. The third kappa shape index (κ3) is 2.94. The van der Waals surface area contributed by atoms with Crippen LogP contribution < -0.4 is 0 Å². The number of fused-ring (bicyclic) bond motifs is 1.